The van der Waals surface area contributed by atoms with Gasteiger partial charge in [-0.3, -0.25) is 9.78 Å². The summed E-state index contributed by atoms with van der Waals surface area (Å²) >= 11 is 0. The summed E-state index contributed by atoms with van der Waals surface area (Å²) in [5, 5.41) is 11.5. The molecule has 4 atom stereocenters. The molecule has 2 fully saturated rings. The molecule has 7 nitrogen and oxygen atoms in total. The summed E-state index contributed by atoms with van der Waals surface area (Å²) in [4.78, 5) is 25.7. The minimum Gasteiger partial charge on any atom is -0.345 e. The zero-order valence-electron chi connectivity index (χ0n) is 27.4. The Kier molecular flexibility index (Phi) is 9.01. The Hall–Kier alpha value is -3.85. The molecule has 1 saturated carbocycles. The van der Waals surface area contributed by atoms with E-state index in [4.69, 9.17) is 0 Å². The van der Waals surface area contributed by atoms with Crippen LogP contribution in [0.3, 0.4) is 0 Å². The quantitative estimate of drug-likeness (QED) is 0.216. The smallest absolute Gasteiger partial charge is 0.251 e. The Morgan fingerprint density at radius 3 is 2.68 bits per heavy atom. The van der Waals surface area contributed by atoms with Crippen LogP contribution in [0, 0.1) is 23.6 Å². The number of nitrogens with zero attached hydrogens (tertiary/aromatic N) is 5. The number of pyridine rings is 2. The van der Waals surface area contributed by atoms with Gasteiger partial charge < -0.3 is 10.2 Å². The molecule has 1 N–H and O–H groups in total. The molecule has 1 aromatic carbocycles. The Labute approximate surface area is 275 Å². The number of rotatable bonds is 8. The number of carbonyl (C=O) groups is 1. The first-order chi connectivity index (χ1) is 22.8. The number of aryl methyl sites for hydroxylation is 1. The van der Waals surface area contributed by atoms with Crippen molar-refractivity contribution in [1.29, 1.82) is 0 Å². The van der Waals surface area contributed by atoms with Gasteiger partial charge in [-0.2, -0.15) is 10.2 Å². The number of fused-ring (bicyclic) bond motifs is 3. The molecule has 4 aromatic rings. The van der Waals surface area contributed by atoms with Crippen molar-refractivity contribution in [3.63, 3.8) is 0 Å². The van der Waals surface area contributed by atoms with Crippen molar-refractivity contribution in [2.24, 2.45) is 17.8 Å². The highest BCUT2D eigenvalue weighted by Crippen LogP contribution is 2.39. The third-order valence-corrected chi connectivity index (χ3v) is 11.1. The lowest BCUT2D eigenvalue weighted by Crippen LogP contribution is -2.43. The molecule has 3 aromatic heterocycles. The normalized spacial score (nSPS) is 23.7. The number of nitrogens with one attached hydrogen (secondary N) is 1. The molecular formula is C38H44F2N6O. The zero-order chi connectivity index (χ0) is 32.5. The van der Waals surface area contributed by atoms with Gasteiger partial charge in [0, 0.05) is 47.9 Å². The molecule has 1 saturated heterocycles. The van der Waals surface area contributed by atoms with Crippen LogP contribution in [0.1, 0.15) is 92.0 Å². The van der Waals surface area contributed by atoms with Crippen LogP contribution < -0.4 is 5.32 Å². The summed E-state index contributed by atoms with van der Waals surface area (Å²) < 4.78 is 31.1. The highest BCUT2D eigenvalue weighted by Gasteiger charge is 2.38. The van der Waals surface area contributed by atoms with Crippen LogP contribution in [0.25, 0.3) is 22.2 Å². The number of aromatic nitrogens is 4. The molecule has 0 spiro atoms. The van der Waals surface area contributed by atoms with Crippen LogP contribution in [0.4, 0.5) is 8.78 Å². The zero-order valence-corrected chi connectivity index (χ0v) is 27.4. The van der Waals surface area contributed by atoms with Crippen molar-refractivity contribution in [3.05, 3.63) is 83.2 Å². The fourth-order valence-electron chi connectivity index (χ4n) is 8.03. The number of amides is 1. The van der Waals surface area contributed by atoms with E-state index < -0.39 is 11.5 Å². The highest BCUT2D eigenvalue weighted by molar-refractivity contribution is 5.98. The molecule has 9 heteroatoms. The van der Waals surface area contributed by atoms with Crippen LogP contribution in [0.2, 0.25) is 0 Å². The fraction of sp³-hybridized carbons (Fsp3) is 0.500. The second kappa shape index (κ2) is 13.3. The van der Waals surface area contributed by atoms with Crippen LogP contribution >= 0.6 is 0 Å². The minimum atomic E-state index is -1.31. The van der Waals surface area contributed by atoms with E-state index in [1.165, 1.54) is 38.2 Å². The lowest BCUT2D eigenvalue weighted by molar-refractivity contribution is 0.0814. The Morgan fingerprint density at radius 1 is 1.06 bits per heavy atom. The van der Waals surface area contributed by atoms with Crippen molar-refractivity contribution in [1.82, 2.24) is 30.4 Å². The predicted octanol–water partition coefficient (Wildman–Crippen LogP) is 7.45. The Morgan fingerprint density at radius 2 is 1.91 bits per heavy atom. The fourth-order valence-corrected chi connectivity index (χ4v) is 8.03. The maximum atomic E-state index is 15.6. The molecule has 1 aliphatic heterocycles. The molecule has 3 aliphatic rings. The average molecular weight is 639 g/mol. The molecule has 1 amide bonds. The number of hydrogen-bond acceptors (Lipinski definition) is 6. The van der Waals surface area contributed by atoms with E-state index in [0.29, 0.717) is 24.6 Å². The number of likely N-dealkylation sites (tertiary alicyclic amines) is 1. The number of hydrogen-bond donors (Lipinski definition) is 1. The molecule has 246 valence electrons. The summed E-state index contributed by atoms with van der Waals surface area (Å²) in [5.74, 6) is 0.591. The van der Waals surface area contributed by atoms with Crippen molar-refractivity contribution in [2.45, 2.75) is 83.3 Å². The van der Waals surface area contributed by atoms with Gasteiger partial charge in [0.1, 0.15) is 17.0 Å². The van der Waals surface area contributed by atoms with E-state index in [9.17, 15) is 4.79 Å². The number of carbonyl (C=O) groups excluding carboxylic acids is 1. The van der Waals surface area contributed by atoms with Crippen molar-refractivity contribution in [2.75, 3.05) is 19.6 Å². The Balaban J connectivity index is 1.13. The monoisotopic (exact) mass is 638 g/mol. The van der Waals surface area contributed by atoms with E-state index in [-0.39, 0.29) is 35.4 Å². The van der Waals surface area contributed by atoms with Gasteiger partial charge in [0.15, 0.2) is 0 Å². The third kappa shape index (κ3) is 6.77. The first kappa shape index (κ1) is 31.7. The van der Waals surface area contributed by atoms with Crippen LogP contribution in [0.15, 0.2) is 55.0 Å². The maximum Gasteiger partial charge on any atom is 0.251 e. The Bertz CT molecular complexity index is 1730. The van der Waals surface area contributed by atoms with Gasteiger partial charge in [-0.25, -0.2) is 13.8 Å². The van der Waals surface area contributed by atoms with Gasteiger partial charge in [0.05, 0.1) is 24.1 Å². The topological polar surface area (TPSA) is 83.9 Å². The number of halogens is 2. The van der Waals surface area contributed by atoms with Gasteiger partial charge >= 0.3 is 0 Å². The first-order valence-electron chi connectivity index (χ1n) is 17.3. The summed E-state index contributed by atoms with van der Waals surface area (Å²) in [6.45, 7) is 6.85. The summed E-state index contributed by atoms with van der Waals surface area (Å²) in [6.07, 6.45) is 13.5. The summed E-state index contributed by atoms with van der Waals surface area (Å²) in [5.41, 5.74) is 3.21. The molecule has 4 heterocycles. The highest BCUT2D eigenvalue weighted by atomic mass is 19.1. The van der Waals surface area contributed by atoms with E-state index in [1.54, 1.807) is 18.5 Å². The molecule has 2 unspecified atom stereocenters. The standard InChI is InChI=1S/C38H44F2N6O/c1-24(2)38(40)13-9-34-31(20-38)18-29-17-30(19-32(39)36(29)44-34)37(47)45-35(12-16-46-15-11-25-5-3-4-6-28(25)23-46)26-7-8-33(41-21-26)27-10-14-42-43-22-27/h7-8,10,14,17-19,21-22,24-25,28,35H,3-6,9,11-13,15-16,20,23H2,1-2H3,(H,45,47)/t25?,28?,35-,38+/m1/s1. The van der Waals surface area contributed by atoms with Gasteiger partial charge in [-0.1, -0.05) is 39.2 Å². The van der Waals surface area contributed by atoms with Crippen molar-refractivity contribution < 1.29 is 13.6 Å². The SMILES string of the molecule is CC(C)[C@]1(F)CCc2nc3c(F)cc(C(=O)N[C@H](CCN4CCC5CCCCC5C4)c4ccc(-c5ccnnc5)nc4)cc3cc2C1. The van der Waals surface area contributed by atoms with Gasteiger partial charge in [-0.15, -0.1) is 0 Å². The summed E-state index contributed by atoms with van der Waals surface area (Å²) in [6, 6.07) is 10.3. The minimum absolute atomic E-state index is 0.129. The molecule has 0 radical (unpaired) electrons. The van der Waals surface area contributed by atoms with Crippen LogP contribution in [0.5, 0.6) is 0 Å². The molecule has 2 aliphatic carbocycles. The van der Waals surface area contributed by atoms with E-state index in [0.717, 1.165) is 59.5 Å². The molecule has 47 heavy (non-hydrogen) atoms. The lowest BCUT2D eigenvalue weighted by Gasteiger charge is -2.41. The largest absolute Gasteiger partial charge is 0.345 e. The first-order valence-corrected chi connectivity index (χ1v) is 17.3. The molecule has 0 bridgehead atoms. The average Bonchev–Trinajstić information content (AvgIpc) is 3.09. The predicted molar refractivity (Wildman–Crippen MR) is 179 cm³/mol. The van der Waals surface area contributed by atoms with Gasteiger partial charge in [0.25, 0.3) is 5.91 Å². The molecule has 7 rings (SSSR count). The van der Waals surface area contributed by atoms with Gasteiger partial charge in [0.2, 0.25) is 0 Å². The van der Waals surface area contributed by atoms with Gasteiger partial charge in [-0.05, 0) is 97.9 Å². The number of benzene rings is 1. The second-order valence-corrected chi connectivity index (χ2v) is 14.3. The second-order valence-electron chi connectivity index (χ2n) is 14.3. The third-order valence-electron chi connectivity index (χ3n) is 11.1. The summed E-state index contributed by atoms with van der Waals surface area (Å²) in [7, 11) is 0. The van der Waals surface area contributed by atoms with Crippen molar-refractivity contribution >= 4 is 16.8 Å². The number of piperidine rings is 1. The van der Waals surface area contributed by atoms with Crippen LogP contribution in [-0.2, 0) is 12.8 Å². The number of alkyl halides is 1. The maximum absolute atomic E-state index is 15.6. The van der Waals surface area contributed by atoms with E-state index >= 15 is 8.78 Å². The van der Waals surface area contributed by atoms with Crippen molar-refractivity contribution in [3.8, 4) is 11.3 Å². The van der Waals surface area contributed by atoms with E-state index in [1.807, 2.05) is 44.3 Å². The lowest BCUT2D eigenvalue weighted by atomic mass is 9.75. The molecular weight excluding hydrogens is 594 g/mol. The van der Waals surface area contributed by atoms with E-state index in [2.05, 4.69) is 30.4 Å². The van der Waals surface area contributed by atoms with Crippen LogP contribution in [-0.4, -0.2) is 56.3 Å².